The molecule has 0 aliphatic carbocycles. The summed E-state index contributed by atoms with van der Waals surface area (Å²) in [6.07, 6.45) is -3.94. The average molecular weight is 208 g/mol. The fourth-order valence-electron chi connectivity index (χ4n) is 0.694. The van der Waals surface area contributed by atoms with Gasteiger partial charge in [0.2, 0.25) is 11.8 Å². The first-order valence-electron chi connectivity index (χ1n) is 3.46. The van der Waals surface area contributed by atoms with Gasteiger partial charge in [-0.05, 0) is 0 Å². The highest BCUT2D eigenvalue weighted by molar-refractivity contribution is 5.38. The SMILES string of the molecule is Nc1cc(OC(F)(F)CF)nc(N)n1. The summed E-state index contributed by atoms with van der Waals surface area (Å²) in [7, 11) is 0. The van der Waals surface area contributed by atoms with Crippen LogP contribution in [0.1, 0.15) is 0 Å². The van der Waals surface area contributed by atoms with E-state index in [0.29, 0.717) is 0 Å². The van der Waals surface area contributed by atoms with E-state index in [0.717, 1.165) is 6.07 Å². The van der Waals surface area contributed by atoms with Crippen LogP contribution in [0.5, 0.6) is 5.88 Å². The van der Waals surface area contributed by atoms with Gasteiger partial charge >= 0.3 is 6.11 Å². The minimum atomic E-state index is -3.94. The van der Waals surface area contributed by atoms with Gasteiger partial charge in [0.1, 0.15) is 5.82 Å². The Labute approximate surface area is 76.9 Å². The summed E-state index contributed by atoms with van der Waals surface area (Å²) in [5.74, 6) is -1.03. The average Bonchev–Trinajstić information content (AvgIpc) is 2.01. The molecule has 8 heteroatoms. The Morgan fingerprint density at radius 2 is 2.00 bits per heavy atom. The van der Waals surface area contributed by atoms with Crippen LogP contribution in [0.2, 0.25) is 0 Å². The molecule has 0 aliphatic rings. The summed E-state index contributed by atoms with van der Waals surface area (Å²) < 4.78 is 40.3. The molecule has 0 bridgehead atoms. The molecule has 0 unspecified atom stereocenters. The minimum Gasteiger partial charge on any atom is -0.412 e. The molecule has 78 valence electrons. The second-order valence-electron chi connectivity index (χ2n) is 2.36. The van der Waals surface area contributed by atoms with Crippen LogP contribution in [0.25, 0.3) is 0 Å². The predicted molar refractivity (Wildman–Crippen MR) is 42.4 cm³/mol. The van der Waals surface area contributed by atoms with E-state index in [1.807, 2.05) is 0 Å². The number of anilines is 2. The van der Waals surface area contributed by atoms with E-state index in [2.05, 4.69) is 14.7 Å². The van der Waals surface area contributed by atoms with Gasteiger partial charge in [0.25, 0.3) is 0 Å². The number of ether oxygens (including phenoxy) is 1. The lowest BCUT2D eigenvalue weighted by atomic mass is 10.5. The van der Waals surface area contributed by atoms with Gasteiger partial charge < -0.3 is 16.2 Å². The highest BCUT2D eigenvalue weighted by Crippen LogP contribution is 2.21. The quantitative estimate of drug-likeness (QED) is 0.758. The van der Waals surface area contributed by atoms with E-state index in [4.69, 9.17) is 11.5 Å². The zero-order valence-electron chi connectivity index (χ0n) is 6.88. The van der Waals surface area contributed by atoms with Crippen LogP contribution in [0.3, 0.4) is 0 Å². The molecule has 1 rings (SSSR count). The van der Waals surface area contributed by atoms with Crippen molar-refractivity contribution in [2.75, 3.05) is 18.1 Å². The maximum absolute atomic E-state index is 12.4. The third-order valence-corrected chi connectivity index (χ3v) is 1.15. The number of hydrogen-bond acceptors (Lipinski definition) is 5. The molecule has 0 fully saturated rings. The fraction of sp³-hybridized carbons (Fsp3) is 0.333. The third-order valence-electron chi connectivity index (χ3n) is 1.15. The lowest BCUT2D eigenvalue weighted by molar-refractivity contribution is -0.188. The molecule has 0 atom stereocenters. The molecule has 0 saturated heterocycles. The molecule has 0 radical (unpaired) electrons. The van der Waals surface area contributed by atoms with Crippen molar-refractivity contribution in [3.05, 3.63) is 6.07 Å². The van der Waals surface area contributed by atoms with E-state index < -0.39 is 18.7 Å². The van der Waals surface area contributed by atoms with Crippen LogP contribution >= 0.6 is 0 Å². The van der Waals surface area contributed by atoms with E-state index in [1.54, 1.807) is 0 Å². The van der Waals surface area contributed by atoms with Crippen LogP contribution in [-0.4, -0.2) is 22.8 Å². The van der Waals surface area contributed by atoms with E-state index in [1.165, 1.54) is 0 Å². The largest absolute Gasteiger partial charge is 0.428 e. The van der Waals surface area contributed by atoms with Crippen LogP contribution in [0, 0.1) is 0 Å². The van der Waals surface area contributed by atoms with Crippen molar-refractivity contribution in [2.45, 2.75) is 6.11 Å². The Bertz CT molecular complexity index is 313. The summed E-state index contributed by atoms with van der Waals surface area (Å²) in [4.78, 5) is 6.70. The molecule has 14 heavy (non-hydrogen) atoms. The van der Waals surface area contributed by atoms with E-state index >= 15 is 0 Å². The van der Waals surface area contributed by atoms with E-state index in [9.17, 15) is 13.2 Å². The predicted octanol–water partition coefficient (Wildman–Crippen LogP) is 0.582. The molecular formula is C6H7F3N4O. The van der Waals surface area contributed by atoms with Crippen molar-refractivity contribution >= 4 is 11.8 Å². The van der Waals surface area contributed by atoms with Crippen molar-refractivity contribution in [1.29, 1.82) is 0 Å². The zero-order chi connectivity index (χ0) is 10.8. The summed E-state index contributed by atoms with van der Waals surface area (Å²) in [5.41, 5.74) is 10.3. The van der Waals surface area contributed by atoms with Crippen molar-refractivity contribution in [1.82, 2.24) is 9.97 Å². The second kappa shape index (κ2) is 3.56. The topological polar surface area (TPSA) is 87.0 Å². The van der Waals surface area contributed by atoms with Crippen molar-refractivity contribution in [3.63, 3.8) is 0 Å². The Morgan fingerprint density at radius 1 is 1.36 bits per heavy atom. The number of hydrogen-bond donors (Lipinski definition) is 2. The third kappa shape index (κ3) is 2.64. The number of nitrogen functional groups attached to an aromatic ring is 2. The molecule has 0 saturated carbocycles. The van der Waals surface area contributed by atoms with Gasteiger partial charge in [0, 0.05) is 6.07 Å². The number of nitrogens with two attached hydrogens (primary N) is 2. The Morgan fingerprint density at radius 3 is 2.50 bits per heavy atom. The summed E-state index contributed by atoms with van der Waals surface area (Å²) in [6.45, 7) is -1.96. The molecule has 5 nitrogen and oxygen atoms in total. The Hall–Kier alpha value is -1.73. The first kappa shape index (κ1) is 10.4. The maximum atomic E-state index is 12.4. The zero-order valence-corrected chi connectivity index (χ0v) is 6.88. The Kier molecular flexibility index (Phi) is 2.63. The summed E-state index contributed by atoms with van der Waals surface area (Å²) in [5, 5.41) is 0. The normalized spacial score (nSPS) is 11.4. The molecule has 0 amide bonds. The number of halogens is 3. The molecule has 1 aromatic heterocycles. The monoisotopic (exact) mass is 208 g/mol. The molecule has 0 aromatic carbocycles. The smallest absolute Gasteiger partial charge is 0.412 e. The summed E-state index contributed by atoms with van der Waals surface area (Å²) >= 11 is 0. The van der Waals surface area contributed by atoms with Crippen molar-refractivity contribution in [2.24, 2.45) is 0 Å². The van der Waals surface area contributed by atoms with E-state index in [-0.39, 0.29) is 11.8 Å². The summed E-state index contributed by atoms with van der Waals surface area (Å²) in [6, 6.07) is 0.917. The van der Waals surface area contributed by atoms with Gasteiger partial charge in [-0.15, -0.1) is 0 Å². The standard InChI is InChI=1S/C6H7F3N4O/c7-2-6(8,9)14-4-1-3(10)12-5(11)13-4/h1H,2H2,(H4,10,11,12,13). The highest BCUT2D eigenvalue weighted by Gasteiger charge is 2.32. The number of aromatic nitrogens is 2. The van der Waals surface area contributed by atoms with Gasteiger partial charge in [-0.2, -0.15) is 18.7 Å². The van der Waals surface area contributed by atoms with Crippen LogP contribution < -0.4 is 16.2 Å². The van der Waals surface area contributed by atoms with Crippen LogP contribution in [-0.2, 0) is 0 Å². The fourth-order valence-corrected chi connectivity index (χ4v) is 0.694. The van der Waals surface area contributed by atoms with Crippen LogP contribution in [0.15, 0.2) is 6.07 Å². The number of rotatable bonds is 3. The first-order chi connectivity index (χ1) is 6.43. The Balaban J connectivity index is 2.87. The lowest BCUT2D eigenvalue weighted by Crippen LogP contribution is -2.27. The van der Waals surface area contributed by atoms with Gasteiger partial charge in [0.05, 0.1) is 0 Å². The first-order valence-corrected chi connectivity index (χ1v) is 3.46. The van der Waals surface area contributed by atoms with Gasteiger partial charge in [-0.25, -0.2) is 4.39 Å². The molecule has 1 heterocycles. The second-order valence-corrected chi connectivity index (χ2v) is 2.36. The van der Waals surface area contributed by atoms with Gasteiger partial charge in [0.15, 0.2) is 6.67 Å². The van der Waals surface area contributed by atoms with Crippen LogP contribution in [0.4, 0.5) is 24.9 Å². The molecule has 1 aromatic rings. The van der Waals surface area contributed by atoms with Gasteiger partial charge in [-0.1, -0.05) is 0 Å². The molecule has 4 N–H and O–H groups in total. The lowest BCUT2D eigenvalue weighted by Gasteiger charge is -2.13. The number of alkyl halides is 3. The van der Waals surface area contributed by atoms with Crippen molar-refractivity contribution < 1.29 is 17.9 Å². The highest BCUT2D eigenvalue weighted by atomic mass is 19.3. The number of nitrogens with zero attached hydrogens (tertiary/aromatic N) is 2. The maximum Gasteiger partial charge on any atom is 0.428 e. The van der Waals surface area contributed by atoms with Gasteiger partial charge in [-0.3, -0.25) is 0 Å². The molecule has 0 aliphatic heterocycles. The molecule has 0 spiro atoms. The minimum absolute atomic E-state index is 0.137. The van der Waals surface area contributed by atoms with Crippen molar-refractivity contribution in [3.8, 4) is 5.88 Å². The molecular weight excluding hydrogens is 201 g/mol.